The van der Waals surface area contributed by atoms with Crippen LogP contribution in [0.1, 0.15) is 12.0 Å². The maximum absolute atomic E-state index is 14.2. The number of hydrogen-bond donors (Lipinski definition) is 0. The van der Waals surface area contributed by atoms with E-state index in [2.05, 4.69) is 29.2 Å². The summed E-state index contributed by atoms with van der Waals surface area (Å²) < 4.78 is 47.5. The van der Waals surface area contributed by atoms with Gasteiger partial charge in [0.2, 0.25) is 0 Å². The summed E-state index contributed by atoms with van der Waals surface area (Å²) in [6.07, 6.45) is 2.57. The fraction of sp³-hybridized carbons (Fsp3) is 0.250. The second-order valence-electron chi connectivity index (χ2n) is 5.13. The quantitative estimate of drug-likeness (QED) is 0.524. The van der Waals surface area contributed by atoms with Gasteiger partial charge >= 0.3 is 0 Å². The summed E-state index contributed by atoms with van der Waals surface area (Å²) in [6, 6.07) is 3.30. The Bertz CT molecular complexity index is 674. The van der Waals surface area contributed by atoms with E-state index in [1.54, 1.807) is 6.08 Å². The lowest BCUT2D eigenvalue weighted by Gasteiger charge is -2.23. The highest BCUT2D eigenvalue weighted by molar-refractivity contribution is 14.1. The molecule has 2 aliphatic rings. The van der Waals surface area contributed by atoms with Gasteiger partial charge in [0.15, 0.2) is 0 Å². The second-order valence-corrected chi connectivity index (χ2v) is 6.51. The minimum atomic E-state index is -1.18. The molecule has 5 heteroatoms. The number of rotatable bonds is 3. The number of halogens is 4. The average molecular weight is 404 g/mol. The molecule has 1 fully saturated rings. The molecule has 1 heterocycles. The molecular weight excluding hydrogens is 392 g/mol. The van der Waals surface area contributed by atoms with E-state index in [0.29, 0.717) is 11.1 Å². The second kappa shape index (κ2) is 5.28. The van der Waals surface area contributed by atoms with Gasteiger partial charge in [0, 0.05) is 18.1 Å². The Hall–Kier alpha value is -1.08. The molecule has 2 unspecified atom stereocenters. The molecule has 1 aromatic rings. The number of hydrogen-bond acceptors (Lipinski definition) is 1. The molecular formula is C16H12F3IO. The summed E-state index contributed by atoms with van der Waals surface area (Å²) in [7, 11) is 0. The Morgan fingerprint density at radius 1 is 1.33 bits per heavy atom. The lowest BCUT2D eigenvalue weighted by Crippen LogP contribution is -2.21. The highest BCUT2D eigenvalue weighted by Gasteiger charge is 2.52. The molecule has 1 aliphatic carbocycles. The smallest absolute Gasteiger partial charge is 0.144 e. The van der Waals surface area contributed by atoms with Gasteiger partial charge in [0.1, 0.15) is 23.4 Å². The van der Waals surface area contributed by atoms with E-state index < -0.39 is 23.4 Å². The third-order valence-corrected chi connectivity index (χ3v) is 4.59. The molecule has 0 aromatic heterocycles. The molecule has 110 valence electrons. The fourth-order valence-electron chi connectivity index (χ4n) is 2.54. The SMILES string of the molecule is C=C(C1=CC=C(I)CC1F)C1(c2ccc(F)cc2F)CO1. The Morgan fingerprint density at radius 2 is 2.05 bits per heavy atom. The van der Waals surface area contributed by atoms with Crippen LogP contribution in [0.25, 0.3) is 0 Å². The molecule has 0 radical (unpaired) electrons. The lowest BCUT2D eigenvalue weighted by molar-refractivity contribution is 0.324. The highest BCUT2D eigenvalue weighted by Crippen LogP contribution is 2.50. The third-order valence-electron chi connectivity index (χ3n) is 3.79. The Kier molecular flexibility index (Phi) is 3.73. The van der Waals surface area contributed by atoms with Crippen LogP contribution in [-0.4, -0.2) is 12.8 Å². The number of epoxide rings is 1. The lowest BCUT2D eigenvalue weighted by atomic mass is 9.84. The van der Waals surface area contributed by atoms with Gasteiger partial charge < -0.3 is 4.74 Å². The van der Waals surface area contributed by atoms with Gasteiger partial charge in [-0.25, -0.2) is 13.2 Å². The van der Waals surface area contributed by atoms with Crippen LogP contribution in [0, 0.1) is 11.6 Å². The summed E-state index contributed by atoms with van der Waals surface area (Å²) in [5.41, 5.74) is -0.0477. The summed E-state index contributed by atoms with van der Waals surface area (Å²) in [4.78, 5) is 0. The monoisotopic (exact) mass is 404 g/mol. The van der Waals surface area contributed by atoms with Gasteiger partial charge in [-0.2, -0.15) is 0 Å². The summed E-state index contributed by atoms with van der Waals surface area (Å²) in [5.74, 6) is -1.36. The van der Waals surface area contributed by atoms with Crippen molar-refractivity contribution in [2.24, 2.45) is 0 Å². The minimum absolute atomic E-state index is 0.200. The largest absolute Gasteiger partial charge is 0.359 e. The Morgan fingerprint density at radius 3 is 2.62 bits per heavy atom. The molecule has 0 amide bonds. The van der Waals surface area contributed by atoms with Crippen molar-refractivity contribution >= 4 is 22.6 Å². The zero-order valence-corrected chi connectivity index (χ0v) is 13.2. The van der Waals surface area contributed by atoms with Crippen molar-refractivity contribution in [2.75, 3.05) is 6.61 Å². The van der Waals surface area contributed by atoms with E-state index >= 15 is 0 Å². The molecule has 2 atom stereocenters. The summed E-state index contributed by atoms with van der Waals surface area (Å²) >= 11 is 2.08. The van der Waals surface area contributed by atoms with Crippen molar-refractivity contribution in [3.05, 3.63) is 68.9 Å². The van der Waals surface area contributed by atoms with E-state index in [9.17, 15) is 13.2 Å². The van der Waals surface area contributed by atoms with Crippen molar-refractivity contribution in [1.82, 2.24) is 0 Å². The van der Waals surface area contributed by atoms with Crippen LogP contribution < -0.4 is 0 Å². The summed E-state index contributed by atoms with van der Waals surface area (Å²) in [5, 5.41) is 0. The third kappa shape index (κ3) is 2.57. The van der Waals surface area contributed by atoms with Crippen molar-refractivity contribution in [3.8, 4) is 0 Å². The van der Waals surface area contributed by atoms with Crippen LogP contribution in [-0.2, 0) is 10.3 Å². The first-order valence-electron chi connectivity index (χ1n) is 6.43. The molecule has 0 saturated carbocycles. The van der Waals surface area contributed by atoms with E-state index in [1.165, 1.54) is 12.1 Å². The highest BCUT2D eigenvalue weighted by atomic mass is 127. The molecule has 1 aromatic carbocycles. The molecule has 0 N–H and O–H groups in total. The van der Waals surface area contributed by atoms with E-state index in [4.69, 9.17) is 4.74 Å². The molecule has 1 saturated heterocycles. The number of alkyl halides is 1. The van der Waals surface area contributed by atoms with Crippen molar-refractivity contribution in [1.29, 1.82) is 0 Å². The first-order chi connectivity index (χ1) is 9.94. The van der Waals surface area contributed by atoms with Crippen LogP contribution in [0.5, 0.6) is 0 Å². The van der Waals surface area contributed by atoms with Gasteiger partial charge in [-0.3, -0.25) is 0 Å². The zero-order valence-electron chi connectivity index (χ0n) is 11.0. The van der Waals surface area contributed by atoms with Gasteiger partial charge in [0.05, 0.1) is 6.61 Å². The van der Waals surface area contributed by atoms with Crippen LogP contribution in [0.15, 0.2) is 51.7 Å². The normalized spacial score (nSPS) is 27.9. The first kappa shape index (κ1) is 14.8. The summed E-state index contributed by atoms with van der Waals surface area (Å²) in [6.45, 7) is 4.12. The van der Waals surface area contributed by atoms with Crippen molar-refractivity contribution in [3.63, 3.8) is 0 Å². The minimum Gasteiger partial charge on any atom is -0.359 e. The topological polar surface area (TPSA) is 12.5 Å². The predicted molar refractivity (Wildman–Crippen MR) is 82.8 cm³/mol. The van der Waals surface area contributed by atoms with E-state index in [1.807, 2.05) is 6.08 Å². The molecule has 0 spiro atoms. The average Bonchev–Trinajstić information content (AvgIpc) is 3.19. The van der Waals surface area contributed by atoms with Crippen LogP contribution >= 0.6 is 22.6 Å². The van der Waals surface area contributed by atoms with E-state index in [-0.39, 0.29) is 18.6 Å². The predicted octanol–water partition coefficient (Wildman–Crippen LogP) is 4.73. The molecule has 1 nitrogen and oxygen atoms in total. The molecule has 1 aliphatic heterocycles. The molecule has 21 heavy (non-hydrogen) atoms. The number of benzene rings is 1. The van der Waals surface area contributed by atoms with Crippen molar-refractivity contribution < 1.29 is 17.9 Å². The Balaban J connectivity index is 1.98. The Labute approximate surface area is 134 Å². The number of allylic oxidation sites excluding steroid dienone is 3. The van der Waals surface area contributed by atoms with Crippen LogP contribution in [0.3, 0.4) is 0 Å². The van der Waals surface area contributed by atoms with E-state index in [0.717, 1.165) is 9.65 Å². The first-order valence-corrected chi connectivity index (χ1v) is 7.51. The zero-order chi connectivity index (χ0) is 15.2. The molecule has 0 bridgehead atoms. The van der Waals surface area contributed by atoms with Crippen molar-refractivity contribution in [2.45, 2.75) is 18.2 Å². The van der Waals surface area contributed by atoms with Gasteiger partial charge in [-0.1, -0.05) is 18.7 Å². The van der Waals surface area contributed by atoms with Gasteiger partial charge in [-0.15, -0.1) is 0 Å². The fourth-order valence-corrected chi connectivity index (χ4v) is 3.10. The maximum Gasteiger partial charge on any atom is 0.144 e. The molecule has 3 rings (SSSR count). The van der Waals surface area contributed by atoms with Gasteiger partial charge in [0.25, 0.3) is 0 Å². The standard InChI is InChI=1S/C16H12F3IO/c1-9(12-4-3-11(20)7-14(12)18)16(8-21-16)13-5-2-10(17)6-15(13)19/h2-6,14H,1,7-8H2. The maximum atomic E-state index is 14.2. The van der Waals surface area contributed by atoms with Crippen LogP contribution in [0.4, 0.5) is 13.2 Å². The number of ether oxygens (including phenoxy) is 1. The van der Waals surface area contributed by atoms with Gasteiger partial charge in [-0.05, 0) is 49.4 Å². The van der Waals surface area contributed by atoms with Crippen LogP contribution in [0.2, 0.25) is 0 Å².